The number of nitrogens with zero attached hydrogens (tertiary/aromatic N) is 2. The van der Waals surface area contributed by atoms with Crippen LogP contribution in [0, 0.1) is 0 Å². The molecule has 31 heavy (non-hydrogen) atoms. The molecule has 0 aliphatic heterocycles. The van der Waals surface area contributed by atoms with Crippen LogP contribution < -0.4 is 4.74 Å². The number of para-hydroxylation sites is 1. The number of halogens is 4. The Morgan fingerprint density at radius 2 is 1.77 bits per heavy atom. The van der Waals surface area contributed by atoms with Crippen molar-refractivity contribution in [3.05, 3.63) is 70.6 Å². The molecule has 166 valence electrons. The van der Waals surface area contributed by atoms with Crippen molar-refractivity contribution < 1.29 is 27.8 Å². The molecule has 0 fully saturated rings. The number of aryl methyl sites for hydroxylation is 2. The number of aromatic nitrogens is 2. The average Bonchev–Trinajstić information content (AvgIpc) is 3.15. The van der Waals surface area contributed by atoms with Crippen LogP contribution >= 0.6 is 15.9 Å². The molecule has 5 nitrogen and oxygen atoms in total. The molecule has 0 atom stereocenters. The number of carboxylic acids is 1. The Morgan fingerprint density at radius 1 is 1.16 bits per heavy atom. The summed E-state index contributed by atoms with van der Waals surface area (Å²) in [4.78, 5) is 13.6. The average molecular weight is 499 g/mol. The fourth-order valence-electron chi connectivity index (χ4n) is 3.00. The second-order valence-corrected chi connectivity index (χ2v) is 7.29. The van der Waals surface area contributed by atoms with Crippen LogP contribution in [0.5, 0.6) is 5.75 Å². The van der Waals surface area contributed by atoms with Crippen LogP contribution in [0.3, 0.4) is 0 Å². The van der Waals surface area contributed by atoms with E-state index in [-0.39, 0.29) is 0 Å². The molecular weight excluding hydrogens is 477 g/mol. The number of imidazole rings is 1. The normalized spacial score (nSPS) is 10.9. The molecule has 0 spiro atoms. The molecule has 0 saturated heterocycles. The van der Waals surface area contributed by atoms with Gasteiger partial charge in [0.05, 0.1) is 19.1 Å². The fraction of sp³-hybridized carbons (Fsp3) is 0.273. The maximum Gasteiger partial charge on any atom is 0.490 e. The second kappa shape index (κ2) is 11.0. The first kappa shape index (κ1) is 24.5. The Kier molecular flexibility index (Phi) is 8.67. The summed E-state index contributed by atoms with van der Waals surface area (Å²) in [6, 6.07) is 16.4. The van der Waals surface area contributed by atoms with E-state index in [1.807, 2.05) is 30.6 Å². The van der Waals surface area contributed by atoms with Gasteiger partial charge in [-0.1, -0.05) is 59.3 Å². The molecule has 0 aliphatic rings. The summed E-state index contributed by atoms with van der Waals surface area (Å²) in [6.07, 6.45) is -1.27. The van der Waals surface area contributed by atoms with Gasteiger partial charge in [0.25, 0.3) is 0 Å². The predicted molar refractivity (Wildman–Crippen MR) is 115 cm³/mol. The van der Waals surface area contributed by atoms with Crippen molar-refractivity contribution in [2.75, 3.05) is 7.11 Å². The largest absolute Gasteiger partial charge is 0.496 e. The molecular formula is C22H22BrF3N2O3. The van der Waals surface area contributed by atoms with Crippen molar-refractivity contribution in [1.82, 2.24) is 9.55 Å². The van der Waals surface area contributed by atoms with Gasteiger partial charge in [0.1, 0.15) is 5.75 Å². The number of benzene rings is 2. The molecule has 0 radical (unpaired) electrons. The van der Waals surface area contributed by atoms with E-state index in [9.17, 15) is 13.2 Å². The van der Waals surface area contributed by atoms with Gasteiger partial charge in [0, 0.05) is 22.3 Å². The smallest absolute Gasteiger partial charge is 0.490 e. The Morgan fingerprint density at radius 3 is 2.35 bits per heavy atom. The highest BCUT2D eigenvalue weighted by atomic mass is 79.9. The fourth-order valence-corrected chi connectivity index (χ4v) is 3.47. The van der Waals surface area contributed by atoms with Gasteiger partial charge < -0.3 is 14.4 Å². The molecule has 1 aromatic heterocycles. The number of hydrogen-bond acceptors (Lipinski definition) is 3. The molecule has 3 aromatic rings. The summed E-state index contributed by atoms with van der Waals surface area (Å²) in [5.41, 5.74) is 4.69. The minimum atomic E-state index is -5.08. The van der Waals surface area contributed by atoms with E-state index < -0.39 is 12.1 Å². The van der Waals surface area contributed by atoms with Crippen LogP contribution in [0.1, 0.15) is 18.2 Å². The molecule has 0 aliphatic carbocycles. The molecule has 0 bridgehead atoms. The third-order valence-corrected chi connectivity index (χ3v) is 5.16. The number of rotatable bonds is 6. The zero-order valence-corrected chi connectivity index (χ0v) is 18.6. The van der Waals surface area contributed by atoms with Crippen molar-refractivity contribution in [3.8, 4) is 17.0 Å². The van der Waals surface area contributed by atoms with Gasteiger partial charge in [0.2, 0.25) is 0 Å². The molecule has 1 N–H and O–H groups in total. The minimum absolute atomic E-state index is 0.890. The lowest BCUT2D eigenvalue weighted by molar-refractivity contribution is -0.192. The summed E-state index contributed by atoms with van der Waals surface area (Å²) in [5.74, 6) is -1.81. The molecule has 3 rings (SSSR count). The number of aliphatic carboxylic acids is 1. The van der Waals surface area contributed by atoms with Crippen LogP contribution in [0.25, 0.3) is 11.3 Å². The first-order valence-corrected chi connectivity index (χ1v) is 10.2. The summed E-state index contributed by atoms with van der Waals surface area (Å²) in [5, 5.41) is 7.12. The van der Waals surface area contributed by atoms with E-state index in [0.29, 0.717) is 0 Å². The number of hydrogen-bond donors (Lipinski definition) is 1. The van der Waals surface area contributed by atoms with Crippen molar-refractivity contribution in [2.24, 2.45) is 0 Å². The zero-order valence-electron chi connectivity index (χ0n) is 17.0. The van der Waals surface area contributed by atoms with E-state index >= 15 is 0 Å². The van der Waals surface area contributed by atoms with Gasteiger partial charge >= 0.3 is 12.1 Å². The van der Waals surface area contributed by atoms with Gasteiger partial charge in [-0.25, -0.2) is 9.78 Å². The first-order valence-electron chi connectivity index (χ1n) is 9.39. The van der Waals surface area contributed by atoms with Crippen LogP contribution in [-0.2, 0) is 24.2 Å². The minimum Gasteiger partial charge on any atom is -0.496 e. The zero-order chi connectivity index (χ0) is 23.0. The Bertz CT molecular complexity index is 1020. The van der Waals surface area contributed by atoms with Crippen molar-refractivity contribution in [2.45, 2.75) is 32.5 Å². The van der Waals surface area contributed by atoms with Gasteiger partial charge in [-0.05, 0) is 30.5 Å². The van der Waals surface area contributed by atoms with E-state index in [2.05, 4.69) is 56.7 Å². The second-order valence-electron chi connectivity index (χ2n) is 6.43. The summed E-state index contributed by atoms with van der Waals surface area (Å²) >= 11 is 3.63. The standard InChI is InChI=1S/C20H21BrN2O.C2HF3O2/c1-3-18-20(16-9-5-6-10-17(16)21)22-14-23(18)13-12-15-8-4-7-11-19(15)24-2;3-2(4,5)1(6)7/h4-11,14H,3,12-13H2,1-2H3;(H,6,7). The van der Waals surface area contributed by atoms with E-state index in [4.69, 9.17) is 14.6 Å². The van der Waals surface area contributed by atoms with Crippen LogP contribution in [0.2, 0.25) is 0 Å². The van der Waals surface area contributed by atoms with Gasteiger partial charge in [-0.15, -0.1) is 0 Å². The van der Waals surface area contributed by atoms with Crippen molar-refractivity contribution in [1.29, 1.82) is 0 Å². The third kappa shape index (κ3) is 6.58. The number of methoxy groups -OCH3 is 1. The number of ether oxygens (including phenoxy) is 1. The van der Waals surface area contributed by atoms with Crippen LogP contribution in [0.15, 0.2) is 59.3 Å². The Balaban J connectivity index is 0.000000423. The van der Waals surface area contributed by atoms with E-state index in [0.717, 1.165) is 40.9 Å². The van der Waals surface area contributed by atoms with E-state index in [1.54, 1.807) is 7.11 Å². The molecule has 1 heterocycles. The third-order valence-electron chi connectivity index (χ3n) is 4.47. The molecule has 9 heteroatoms. The van der Waals surface area contributed by atoms with Gasteiger partial charge in [-0.3, -0.25) is 0 Å². The summed E-state index contributed by atoms with van der Waals surface area (Å²) < 4.78 is 40.5. The lowest BCUT2D eigenvalue weighted by Crippen LogP contribution is -2.21. The Labute approximate surface area is 186 Å². The van der Waals surface area contributed by atoms with Crippen LogP contribution in [-0.4, -0.2) is 33.9 Å². The monoisotopic (exact) mass is 498 g/mol. The maximum atomic E-state index is 10.6. The van der Waals surface area contributed by atoms with Gasteiger partial charge in [-0.2, -0.15) is 13.2 Å². The first-order chi connectivity index (χ1) is 14.7. The number of carboxylic acid groups (broad SMARTS) is 1. The van der Waals surface area contributed by atoms with Crippen molar-refractivity contribution in [3.63, 3.8) is 0 Å². The Hall–Kier alpha value is -2.81. The summed E-state index contributed by atoms with van der Waals surface area (Å²) in [6.45, 7) is 3.07. The number of carbonyl (C=O) groups is 1. The summed E-state index contributed by atoms with van der Waals surface area (Å²) in [7, 11) is 1.72. The highest BCUT2D eigenvalue weighted by Gasteiger charge is 2.38. The predicted octanol–water partition coefficient (Wildman–Crippen LogP) is 5.76. The molecule has 0 saturated carbocycles. The number of alkyl halides is 3. The topological polar surface area (TPSA) is 64.4 Å². The van der Waals surface area contributed by atoms with Crippen LogP contribution in [0.4, 0.5) is 13.2 Å². The van der Waals surface area contributed by atoms with Gasteiger partial charge in [0.15, 0.2) is 0 Å². The maximum absolute atomic E-state index is 10.6. The SMILES string of the molecule is CCc1c(-c2ccccc2Br)ncn1CCc1ccccc1OC.O=C(O)C(F)(F)F. The highest BCUT2D eigenvalue weighted by molar-refractivity contribution is 9.10. The van der Waals surface area contributed by atoms with E-state index in [1.165, 1.54) is 11.3 Å². The quantitative estimate of drug-likeness (QED) is 0.469. The lowest BCUT2D eigenvalue weighted by atomic mass is 10.1. The molecule has 2 aromatic carbocycles. The molecule has 0 amide bonds. The highest BCUT2D eigenvalue weighted by Crippen LogP contribution is 2.30. The lowest BCUT2D eigenvalue weighted by Gasteiger charge is -2.11. The van der Waals surface area contributed by atoms with Crippen molar-refractivity contribution >= 4 is 21.9 Å². The molecule has 0 unspecified atom stereocenters.